The van der Waals surface area contributed by atoms with E-state index in [-0.39, 0.29) is 0 Å². The van der Waals surface area contributed by atoms with Crippen LogP contribution in [0.5, 0.6) is 0 Å². The van der Waals surface area contributed by atoms with Gasteiger partial charge in [-0.05, 0) is 37.8 Å². The Labute approximate surface area is 103 Å². The van der Waals surface area contributed by atoms with E-state index < -0.39 is 10.2 Å². The monoisotopic (exact) mass is 269 g/mol. The molecular formula is C9H23N3O2S2. The maximum atomic E-state index is 11.6. The van der Waals surface area contributed by atoms with Crippen molar-refractivity contribution >= 4 is 22.0 Å². The minimum atomic E-state index is -3.30. The molecule has 0 aromatic carbocycles. The second kappa shape index (κ2) is 9.23. The van der Waals surface area contributed by atoms with Crippen LogP contribution in [0.25, 0.3) is 0 Å². The van der Waals surface area contributed by atoms with Crippen LogP contribution in [-0.4, -0.2) is 51.4 Å². The summed E-state index contributed by atoms with van der Waals surface area (Å²) in [5.41, 5.74) is 5.33. The van der Waals surface area contributed by atoms with Gasteiger partial charge >= 0.3 is 0 Å². The normalized spacial score (nSPS) is 12.2. The molecule has 0 aliphatic carbocycles. The second-order valence-electron chi connectivity index (χ2n) is 3.56. The summed E-state index contributed by atoms with van der Waals surface area (Å²) in [6.45, 7) is 1.49. The van der Waals surface area contributed by atoms with Crippen molar-refractivity contribution in [3.05, 3.63) is 0 Å². The fraction of sp³-hybridized carbons (Fsp3) is 1.00. The Bertz CT molecular complexity index is 257. The number of rotatable bonds is 10. The minimum Gasteiger partial charge on any atom is -0.330 e. The summed E-state index contributed by atoms with van der Waals surface area (Å²) < 4.78 is 27.2. The fourth-order valence-corrected chi connectivity index (χ4v) is 2.60. The molecule has 0 fully saturated rings. The Kier molecular flexibility index (Phi) is 9.34. The molecule has 0 saturated heterocycles. The van der Waals surface area contributed by atoms with Crippen LogP contribution in [0.4, 0.5) is 0 Å². The molecule has 7 heteroatoms. The van der Waals surface area contributed by atoms with Crippen molar-refractivity contribution in [2.45, 2.75) is 19.3 Å². The molecule has 0 spiro atoms. The van der Waals surface area contributed by atoms with Crippen LogP contribution in [0.1, 0.15) is 19.3 Å². The summed E-state index contributed by atoms with van der Waals surface area (Å²) in [5, 5.41) is 0. The molecule has 0 aromatic rings. The Morgan fingerprint density at radius 1 is 1.31 bits per heavy atom. The second-order valence-corrected chi connectivity index (χ2v) is 6.41. The Morgan fingerprint density at radius 2 is 2.00 bits per heavy atom. The van der Waals surface area contributed by atoms with Crippen LogP contribution >= 0.6 is 11.8 Å². The average molecular weight is 269 g/mol. The SMILES string of the molecule is CSCCCCNS(=O)(=O)N(C)CCCN. The van der Waals surface area contributed by atoms with Crippen molar-refractivity contribution in [3.63, 3.8) is 0 Å². The van der Waals surface area contributed by atoms with E-state index in [2.05, 4.69) is 4.72 Å². The van der Waals surface area contributed by atoms with Crippen LogP contribution < -0.4 is 10.5 Å². The van der Waals surface area contributed by atoms with E-state index in [1.54, 1.807) is 18.8 Å². The van der Waals surface area contributed by atoms with E-state index >= 15 is 0 Å². The topological polar surface area (TPSA) is 75.4 Å². The summed E-state index contributed by atoms with van der Waals surface area (Å²) in [7, 11) is -1.73. The summed E-state index contributed by atoms with van der Waals surface area (Å²) in [6, 6.07) is 0. The molecule has 0 aromatic heterocycles. The van der Waals surface area contributed by atoms with E-state index in [4.69, 9.17) is 5.73 Å². The molecule has 0 aliphatic heterocycles. The minimum absolute atomic E-state index is 0.469. The van der Waals surface area contributed by atoms with Crippen LogP contribution in [0.2, 0.25) is 0 Å². The number of hydrogen-bond donors (Lipinski definition) is 2. The van der Waals surface area contributed by atoms with Gasteiger partial charge in [-0.1, -0.05) is 0 Å². The van der Waals surface area contributed by atoms with Crippen LogP contribution in [0.3, 0.4) is 0 Å². The zero-order valence-electron chi connectivity index (χ0n) is 10.1. The first-order chi connectivity index (χ1) is 7.54. The molecule has 0 bridgehead atoms. The van der Waals surface area contributed by atoms with Gasteiger partial charge in [-0.15, -0.1) is 0 Å². The zero-order valence-corrected chi connectivity index (χ0v) is 11.7. The Balaban J connectivity index is 3.77. The van der Waals surface area contributed by atoms with Crippen molar-refractivity contribution in [1.29, 1.82) is 0 Å². The van der Waals surface area contributed by atoms with Crippen molar-refractivity contribution in [2.24, 2.45) is 5.73 Å². The van der Waals surface area contributed by atoms with Crippen molar-refractivity contribution < 1.29 is 8.42 Å². The highest BCUT2D eigenvalue weighted by atomic mass is 32.2. The van der Waals surface area contributed by atoms with Gasteiger partial charge < -0.3 is 5.73 Å². The highest BCUT2D eigenvalue weighted by molar-refractivity contribution is 7.98. The highest BCUT2D eigenvalue weighted by Crippen LogP contribution is 2.00. The van der Waals surface area contributed by atoms with E-state index in [1.807, 2.05) is 6.26 Å². The molecule has 0 aliphatic rings. The predicted octanol–water partition coefficient (Wildman–Crippen LogP) is 0.245. The number of nitrogens with zero attached hydrogens (tertiary/aromatic N) is 1. The molecule has 5 nitrogen and oxygen atoms in total. The molecule has 0 radical (unpaired) electrons. The molecule has 3 N–H and O–H groups in total. The first-order valence-corrected chi connectivity index (χ1v) is 8.28. The molecule has 0 amide bonds. The molecule has 0 heterocycles. The van der Waals surface area contributed by atoms with E-state index in [0.29, 0.717) is 26.1 Å². The lowest BCUT2D eigenvalue weighted by Crippen LogP contribution is -2.39. The van der Waals surface area contributed by atoms with Crippen molar-refractivity contribution in [2.75, 3.05) is 38.7 Å². The number of thioether (sulfide) groups is 1. The lowest BCUT2D eigenvalue weighted by Gasteiger charge is -2.17. The number of nitrogens with two attached hydrogens (primary N) is 1. The maximum Gasteiger partial charge on any atom is 0.279 e. The highest BCUT2D eigenvalue weighted by Gasteiger charge is 2.15. The summed E-state index contributed by atoms with van der Waals surface area (Å²) in [5.74, 6) is 1.07. The average Bonchev–Trinajstić information content (AvgIpc) is 2.25. The summed E-state index contributed by atoms with van der Waals surface area (Å²) in [6.07, 6.45) is 4.65. The first kappa shape index (κ1) is 16.2. The smallest absolute Gasteiger partial charge is 0.279 e. The molecule has 0 atom stereocenters. The predicted molar refractivity (Wildman–Crippen MR) is 70.8 cm³/mol. The largest absolute Gasteiger partial charge is 0.330 e. The quantitative estimate of drug-likeness (QED) is 0.557. The third-order valence-corrected chi connectivity index (χ3v) is 4.42. The van der Waals surface area contributed by atoms with Crippen LogP contribution in [0, 0.1) is 0 Å². The van der Waals surface area contributed by atoms with Crippen LogP contribution in [-0.2, 0) is 10.2 Å². The Morgan fingerprint density at radius 3 is 2.56 bits per heavy atom. The lowest BCUT2D eigenvalue weighted by atomic mass is 10.3. The third-order valence-electron chi connectivity index (χ3n) is 2.15. The van der Waals surface area contributed by atoms with Gasteiger partial charge in [0.1, 0.15) is 0 Å². The number of unbranched alkanes of at least 4 members (excludes halogenated alkanes) is 1. The van der Waals surface area contributed by atoms with Crippen molar-refractivity contribution in [3.8, 4) is 0 Å². The van der Waals surface area contributed by atoms with Gasteiger partial charge in [0.2, 0.25) is 0 Å². The maximum absolute atomic E-state index is 11.6. The summed E-state index contributed by atoms with van der Waals surface area (Å²) in [4.78, 5) is 0. The van der Waals surface area contributed by atoms with Crippen molar-refractivity contribution in [1.82, 2.24) is 9.03 Å². The van der Waals surface area contributed by atoms with E-state index in [1.165, 1.54) is 4.31 Å². The first-order valence-electron chi connectivity index (χ1n) is 5.44. The molecule has 0 rings (SSSR count). The van der Waals surface area contributed by atoms with Gasteiger partial charge in [0.25, 0.3) is 10.2 Å². The fourth-order valence-electron chi connectivity index (χ4n) is 1.12. The van der Waals surface area contributed by atoms with Gasteiger partial charge in [0.05, 0.1) is 0 Å². The summed E-state index contributed by atoms with van der Waals surface area (Å²) >= 11 is 1.78. The molecule has 0 saturated carbocycles. The molecule has 0 unspecified atom stereocenters. The van der Waals surface area contributed by atoms with Gasteiger partial charge in [0, 0.05) is 20.1 Å². The lowest BCUT2D eigenvalue weighted by molar-refractivity contribution is 0.452. The standard InChI is InChI=1S/C9H23N3O2S2/c1-12(8-5-6-10)16(13,14)11-7-3-4-9-15-2/h11H,3-10H2,1-2H3. The van der Waals surface area contributed by atoms with Gasteiger partial charge in [-0.25, -0.2) is 4.72 Å². The van der Waals surface area contributed by atoms with Gasteiger partial charge in [-0.2, -0.15) is 24.5 Å². The van der Waals surface area contributed by atoms with E-state index in [0.717, 1.165) is 18.6 Å². The Hall–Kier alpha value is 0.180. The molecule has 98 valence electrons. The molecule has 16 heavy (non-hydrogen) atoms. The zero-order chi connectivity index (χ0) is 12.4. The van der Waals surface area contributed by atoms with Gasteiger partial charge in [0.15, 0.2) is 0 Å². The number of hydrogen-bond acceptors (Lipinski definition) is 4. The van der Waals surface area contributed by atoms with Crippen LogP contribution in [0.15, 0.2) is 0 Å². The van der Waals surface area contributed by atoms with Gasteiger partial charge in [-0.3, -0.25) is 0 Å². The number of nitrogens with one attached hydrogen (secondary N) is 1. The third kappa shape index (κ3) is 7.45. The molecular weight excluding hydrogens is 246 g/mol. The van der Waals surface area contributed by atoms with E-state index in [9.17, 15) is 8.42 Å².